The van der Waals surface area contributed by atoms with Crippen LogP contribution in [0.3, 0.4) is 0 Å². The van der Waals surface area contributed by atoms with Crippen LogP contribution in [0.5, 0.6) is 0 Å². The van der Waals surface area contributed by atoms with Gasteiger partial charge in [-0.3, -0.25) is 4.79 Å². The molecule has 0 bridgehead atoms. The van der Waals surface area contributed by atoms with Gasteiger partial charge in [-0.15, -0.1) is 0 Å². The summed E-state index contributed by atoms with van der Waals surface area (Å²) in [7, 11) is 0. The van der Waals surface area contributed by atoms with Crippen molar-refractivity contribution in [2.24, 2.45) is 17.8 Å². The molecule has 0 aromatic heterocycles. The molecule has 90 valence electrons. The van der Waals surface area contributed by atoms with Crippen LogP contribution in [-0.2, 0) is 4.79 Å². The summed E-state index contributed by atoms with van der Waals surface area (Å²) in [6.45, 7) is 6.47. The molecule has 1 amide bonds. The van der Waals surface area contributed by atoms with Crippen LogP contribution < -0.4 is 5.32 Å². The number of hydrogen-bond donors (Lipinski definition) is 1. The molecule has 1 saturated carbocycles. The van der Waals surface area contributed by atoms with E-state index in [0.717, 1.165) is 13.1 Å². The summed E-state index contributed by atoms with van der Waals surface area (Å²) in [5, 5.41) is 3.42. The Balaban J connectivity index is 1.74. The lowest BCUT2D eigenvalue weighted by Gasteiger charge is -2.30. The maximum absolute atomic E-state index is 12.5. The minimum atomic E-state index is 0.266. The van der Waals surface area contributed by atoms with Crippen LogP contribution in [0.15, 0.2) is 0 Å². The van der Waals surface area contributed by atoms with Gasteiger partial charge < -0.3 is 10.2 Å². The van der Waals surface area contributed by atoms with Crippen molar-refractivity contribution < 1.29 is 4.79 Å². The quantitative estimate of drug-likeness (QED) is 0.762. The first kappa shape index (κ1) is 10.6. The second-order valence-corrected chi connectivity index (χ2v) is 5.94. The number of nitrogens with zero attached hydrogens (tertiary/aromatic N) is 1. The zero-order chi connectivity index (χ0) is 11.3. The smallest absolute Gasteiger partial charge is 0.226 e. The fourth-order valence-corrected chi connectivity index (χ4v) is 3.58. The fourth-order valence-electron chi connectivity index (χ4n) is 3.58. The third kappa shape index (κ3) is 1.56. The topological polar surface area (TPSA) is 32.3 Å². The van der Waals surface area contributed by atoms with Gasteiger partial charge in [0.15, 0.2) is 0 Å². The lowest BCUT2D eigenvalue weighted by atomic mass is 10.0. The van der Waals surface area contributed by atoms with Crippen molar-refractivity contribution in [3.05, 3.63) is 0 Å². The highest BCUT2D eigenvalue weighted by Crippen LogP contribution is 2.40. The Bertz CT molecular complexity index is 300. The molecule has 0 radical (unpaired) electrons. The fraction of sp³-hybridized carbons (Fsp3) is 0.923. The average molecular weight is 222 g/mol. The normalized spacial score (nSPS) is 39.9. The summed E-state index contributed by atoms with van der Waals surface area (Å²) in [6, 6.07) is 0.953. The maximum atomic E-state index is 12.5. The van der Waals surface area contributed by atoms with Gasteiger partial charge in [-0.05, 0) is 38.0 Å². The number of hydrogen-bond acceptors (Lipinski definition) is 2. The molecular weight excluding hydrogens is 200 g/mol. The summed E-state index contributed by atoms with van der Waals surface area (Å²) in [6.07, 6.45) is 3.73. The molecule has 3 nitrogen and oxygen atoms in total. The van der Waals surface area contributed by atoms with E-state index in [1.54, 1.807) is 0 Å². The minimum Gasteiger partial charge on any atom is -0.335 e. The van der Waals surface area contributed by atoms with Crippen LogP contribution in [0.2, 0.25) is 0 Å². The third-order valence-corrected chi connectivity index (χ3v) is 4.75. The Morgan fingerprint density at radius 1 is 1.38 bits per heavy atom. The first-order chi connectivity index (χ1) is 7.68. The molecule has 0 aromatic carbocycles. The van der Waals surface area contributed by atoms with Gasteiger partial charge in [-0.1, -0.05) is 6.92 Å². The van der Waals surface area contributed by atoms with Crippen molar-refractivity contribution in [2.75, 3.05) is 13.1 Å². The second kappa shape index (κ2) is 3.73. The van der Waals surface area contributed by atoms with Crippen LogP contribution in [0.4, 0.5) is 0 Å². The molecule has 1 N–H and O–H groups in total. The lowest BCUT2D eigenvalue weighted by molar-refractivity contribution is -0.138. The van der Waals surface area contributed by atoms with Gasteiger partial charge in [-0.2, -0.15) is 0 Å². The van der Waals surface area contributed by atoms with Gasteiger partial charge in [0.25, 0.3) is 0 Å². The van der Waals surface area contributed by atoms with Crippen molar-refractivity contribution in [1.82, 2.24) is 10.2 Å². The van der Waals surface area contributed by atoms with E-state index in [9.17, 15) is 4.79 Å². The lowest BCUT2D eigenvalue weighted by Crippen LogP contribution is -2.45. The first-order valence-corrected chi connectivity index (χ1v) is 6.71. The largest absolute Gasteiger partial charge is 0.335 e. The van der Waals surface area contributed by atoms with Gasteiger partial charge in [0.2, 0.25) is 5.91 Å². The van der Waals surface area contributed by atoms with Crippen molar-refractivity contribution in [3.63, 3.8) is 0 Å². The summed E-state index contributed by atoms with van der Waals surface area (Å²) in [5.41, 5.74) is 0. The van der Waals surface area contributed by atoms with Gasteiger partial charge in [0.1, 0.15) is 0 Å². The molecule has 16 heavy (non-hydrogen) atoms. The molecule has 2 heterocycles. The number of likely N-dealkylation sites (tertiary alicyclic amines) is 1. The average Bonchev–Trinajstić information content (AvgIpc) is 2.93. The molecule has 4 unspecified atom stereocenters. The van der Waals surface area contributed by atoms with Crippen LogP contribution in [0, 0.1) is 17.8 Å². The zero-order valence-electron chi connectivity index (χ0n) is 10.3. The van der Waals surface area contributed by atoms with E-state index in [2.05, 4.69) is 24.1 Å². The minimum absolute atomic E-state index is 0.266. The van der Waals surface area contributed by atoms with Crippen LogP contribution in [0.1, 0.15) is 33.1 Å². The van der Waals surface area contributed by atoms with E-state index < -0.39 is 0 Å². The van der Waals surface area contributed by atoms with E-state index in [-0.39, 0.29) is 5.92 Å². The molecule has 0 aromatic rings. The molecule has 3 aliphatic rings. The molecule has 0 spiro atoms. The van der Waals surface area contributed by atoms with Gasteiger partial charge in [0.05, 0.1) is 0 Å². The molecule has 1 aliphatic carbocycles. The highest BCUT2D eigenvalue weighted by Gasteiger charge is 2.46. The van der Waals surface area contributed by atoms with Gasteiger partial charge in [0, 0.05) is 31.1 Å². The SMILES string of the molecule is CC(C(=O)N1C(C)CC2CNCC21)C1CC1. The molecule has 2 aliphatic heterocycles. The number of amides is 1. The van der Waals surface area contributed by atoms with Crippen molar-refractivity contribution >= 4 is 5.91 Å². The molecule has 3 rings (SSSR count). The maximum Gasteiger partial charge on any atom is 0.226 e. The molecule has 3 heteroatoms. The van der Waals surface area contributed by atoms with E-state index in [1.807, 2.05) is 0 Å². The molecule has 2 saturated heterocycles. The first-order valence-electron chi connectivity index (χ1n) is 6.71. The highest BCUT2D eigenvalue weighted by atomic mass is 16.2. The van der Waals surface area contributed by atoms with Gasteiger partial charge >= 0.3 is 0 Å². The van der Waals surface area contributed by atoms with Crippen molar-refractivity contribution in [3.8, 4) is 0 Å². The number of nitrogens with one attached hydrogen (secondary N) is 1. The standard InChI is InChI=1S/C13H22N2O/c1-8-5-11-6-14-7-12(11)15(8)13(16)9(2)10-3-4-10/h8-12,14H,3-7H2,1-2H3. The van der Waals surface area contributed by atoms with Crippen LogP contribution in [-0.4, -0.2) is 36.0 Å². The summed E-state index contributed by atoms with van der Waals surface area (Å²) in [5.74, 6) is 2.09. The van der Waals surface area contributed by atoms with E-state index in [4.69, 9.17) is 0 Å². The molecule has 4 atom stereocenters. The van der Waals surface area contributed by atoms with Gasteiger partial charge in [-0.25, -0.2) is 0 Å². The Labute approximate surface area is 97.6 Å². The van der Waals surface area contributed by atoms with Crippen LogP contribution in [0.25, 0.3) is 0 Å². The molecular formula is C13H22N2O. The van der Waals surface area contributed by atoms with E-state index in [0.29, 0.717) is 29.8 Å². The van der Waals surface area contributed by atoms with E-state index >= 15 is 0 Å². The Hall–Kier alpha value is -0.570. The number of carbonyl (C=O) groups is 1. The Kier molecular flexibility index (Phi) is 2.46. The highest BCUT2D eigenvalue weighted by molar-refractivity contribution is 5.80. The number of carbonyl (C=O) groups excluding carboxylic acids is 1. The second-order valence-electron chi connectivity index (χ2n) is 5.94. The van der Waals surface area contributed by atoms with Crippen molar-refractivity contribution in [2.45, 2.75) is 45.2 Å². The third-order valence-electron chi connectivity index (χ3n) is 4.75. The van der Waals surface area contributed by atoms with Crippen LogP contribution >= 0.6 is 0 Å². The number of fused-ring (bicyclic) bond motifs is 1. The summed E-state index contributed by atoms with van der Waals surface area (Å²) >= 11 is 0. The van der Waals surface area contributed by atoms with Crippen molar-refractivity contribution in [1.29, 1.82) is 0 Å². The zero-order valence-corrected chi connectivity index (χ0v) is 10.3. The van der Waals surface area contributed by atoms with E-state index in [1.165, 1.54) is 19.3 Å². The summed E-state index contributed by atoms with van der Waals surface area (Å²) < 4.78 is 0. The Morgan fingerprint density at radius 3 is 2.81 bits per heavy atom. The molecule has 3 fully saturated rings. The Morgan fingerprint density at radius 2 is 2.12 bits per heavy atom. The number of rotatable bonds is 2. The predicted octanol–water partition coefficient (Wildman–Crippen LogP) is 1.24. The monoisotopic (exact) mass is 222 g/mol. The predicted molar refractivity (Wildman–Crippen MR) is 63.0 cm³/mol. The summed E-state index contributed by atoms with van der Waals surface area (Å²) in [4.78, 5) is 14.7.